The van der Waals surface area contributed by atoms with E-state index in [9.17, 15) is 9.18 Å². The van der Waals surface area contributed by atoms with E-state index in [1.807, 2.05) is 24.3 Å². The zero-order valence-corrected chi connectivity index (χ0v) is 15.5. The lowest BCUT2D eigenvalue weighted by Gasteiger charge is -2.23. The van der Waals surface area contributed by atoms with E-state index >= 15 is 0 Å². The summed E-state index contributed by atoms with van der Waals surface area (Å²) in [5, 5.41) is 3.14. The van der Waals surface area contributed by atoms with E-state index in [0.717, 1.165) is 22.6 Å². The summed E-state index contributed by atoms with van der Waals surface area (Å²) in [4.78, 5) is 21.4. The molecule has 6 heteroatoms. The Morgan fingerprint density at radius 2 is 1.86 bits per heavy atom. The SMILES string of the molecule is COc1ccc([C@H]2CC(=O)c3cnc(NCc4ccc(F)cc4)nc3C2)cc1. The first kappa shape index (κ1) is 18.1. The number of hydrogen-bond donors (Lipinski definition) is 1. The fraction of sp³-hybridized carbons (Fsp3) is 0.227. The Balaban J connectivity index is 1.50. The van der Waals surface area contributed by atoms with Crippen molar-refractivity contribution in [2.75, 3.05) is 12.4 Å². The number of halogens is 1. The number of anilines is 1. The first-order chi connectivity index (χ1) is 13.6. The highest BCUT2D eigenvalue weighted by molar-refractivity contribution is 5.98. The number of rotatable bonds is 5. The number of hydrogen-bond acceptors (Lipinski definition) is 5. The lowest BCUT2D eigenvalue weighted by molar-refractivity contribution is 0.0962. The second-order valence-electron chi connectivity index (χ2n) is 6.84. The number of Topliss-reactive ketones (excluding diaryl/α,β-unsaturated/α-hetero) is 1. The molecule has 3 aromatic rings. The summed E-state index contributed by atoms with van der Waals surface area (Å²) in [5.74, 6) is 1.14. The minimum atomic E-state index is -0.267. The summed E-state index contributed by atoms with van der Waals surface area (Å²) in [5.41, 5.74) is 3.37. The van der Waals surface area contributed by atoms with Gasteiger partial charge in [0.15, 0.2) is 5.78 Å². The lowest BCUT2D eigenvalue weighted by Crippen LogP contribution is -2.21. The molecule has 142 valence electrons. The molecule has 2 aromatic carbocycles. The third-order valence-electron chi connectivity index (χ3n) is 4.99. The van der Waals surface area contributed by atoms with Crippen molar-refractivity contribution in [3.63, 3.8) is 0 Å². The van der Waals surface area contributed by atoms with Gasteiger partial charge in [0, 0.05) is 19.2 Å². The van der Waals surface area contributed by atoms with Gasteiger partial charge in [0.1, 0.15) is 11.6 Å². The van der Waals surface area contributed by atoms with Crippen LogP contribution in [0.25, 0.3) is 0 Å². The Kier molecular flexibility index (Phi) is 5.02. The molecule has 1 aliphatic rings. The first-order valence-electron chi connectivity index (χ1n) is 9.14. The standard InChI is InChI=1S/C22H20FN3O2/c1-28-18-8-4-15(5-9-18)16-10-20-19(21(27)11-16)13-25-22(26-20)24-12-14-2-6-17(23)7-3-14/h2-9,13,16H,10-12H2,1H3,(H,24,25,26)/t16-/m1/s1. The number of carbonyl (C=O) groups excluding carboxylic acids is 1. The molecule has 1 atom stereocenters. The predicted octanol–water partition coefficient (Wildman–Crippen LogP) is 4.15. The van der Waals surface area contributed by atoms with Crippen LogP contribution in [0.3, 0.4) is 0 Å². The summed E-state index contributed by atoms with van der Waals surface area (Å²) >= 11 is 0. The molecule has 1 heterocycles. The van der Waals surface area contributed by atoms with Crippen molar-refractivity contribution < 1.29 is 13.9 Å². The van der Waals surface area contributed by atoms with E-state index in [1.54, 1.807) is 25.4 Å². The third kappa shape index (κ3) is 3.86. The van der Waals surface area contributed by atoms with Crippen LogP contribution in [0, 0.1) is 5.82 Å². The van der Waals surface area contributed by atoms with Gasteiger partial charge in [-0.3, -0.25) is 4.79 Å². The quantitative estimate of drug-likeness (QED) is 0.724. The highest BCUT2D eigenvalue weighted by atomic mass is 19.1. The van der Waals surface area contributed by atoms with Gasteiger partial charge in [0.2, 0.25) is 5.95 Å². The van der Waals surface area contributed by atoms with Gasteiger partial charge in [-0.15, -0.1) is 0 Å². The lowest BCUT2D eigenvalue weighted by atomic mass is 9.82. The highest BCUT2D eigenvalue weighted by Crippen LogP contribution is 2.32. The summed E-state index contributed by atoms with van der Waals surface area (Å²) in [7, 11) is 1.63. The molecule has 0 spiro atoms. The highest BCUT2D eigenvalue weighted by Gasteiger charge is 2.28. The molecule has 1 aliphatic carbocycles. The van der Waals surface area contributed by atoms with Gasteiger partial charge in [-0.05, 0) is 47.7 Å². The fourth-order valence-electron chi connectivity index (χ4n) is 3.43. The molecule has 0 saturated carbocycles. The predicted molar refractivity (Wildman–Crippen MR) is 104 cm³/mol. The molecule has 0 aliphatic heterocycles. The van der Waals surface area contributed by atoms with Crippen molar-refractivity contribution in [1.82, 2.24) is 9.97 Å². The Labute approximate surface area is 162 Å². The molecule has 0 amide bonds. The van der Waals surface area contributed by atoms with Gasteiger partial charge in [0.25, 0.3) is 0 Å². The number of carbonyl (C=O) groups is 1. The van der Waals surface area contributed by atoms with Crippen LogP contribution in [0.1, 0.15) is 39.5 Å². The van der Waals surface area contributed by atoms with Gasteiger partial charge in [-0.2, -0.15) is 0 Å². The number of benzene rings is 2. The Bertz CT molecular complexity index is 988. The van der Waals surface area contributed by atoms with Crippen LogP contribution in [-0.4, -0.2) is 22.9 Å². The molecule has 28 heavy (non-hydrogen) atoms. The fourth-order valence-corrected chi connectivity index (χ4v) is 3.43. The molecule has 1 N–H and O–H groups in total. The van der Waals surface area contributed by atoms with E-state index < -0.39 is 0 Å². The molecule has 0 fully saturated rings. The number of ketones is 1. The van der Waals surface area contributed by atoms with Crippen molar-refractivity contribution in [2.45, 2.75) is 25.3 Å². The molecule has 0 radical (unpaired) electrons. The maximum absolute atomic E-state index is 13.0. The number of methoxy groups -OCH3 is 1. The van der Waals surface area contributed by atoms with Crippen LogP contribution >= 0.6 is 0 Å². The minimum absolute atomic E-state index is 0.0622. The van der Waals surface area contributed by atoms with E-state index in [-0.39, 0.29) is 17.5 Å². The minimum Gasteiger partial charge on any atom is -0.497 e. The monoisotopic (exact) mass is 377 g/mol. The van der Waals surface area contributed by atoms with Crippen molar-refractivity contribution in [3.05, 3.63) is 82.9 Å². The Morgan fingerprint density at radius 1 is 1.11 bits per heavy atom. The average molecular weight is 377 g/mol. The van der Waals surface area contributed by atoms with Gasteiger partial charge < -0.3 is 10.1 Å². The maximum Gasteiger partial charge on any atom is 0.223 e. The number of aromatic nitrogens is 2. The van der Waals surface area contributed by atoms with Crippen LogP contribution in [0.5, 0.6) is 5.75 Å². The number of nitrogens with zero attached hydrogens (tertiary/aromatic N) is 2. The van der Waals surface area contributed by atoms with Crippen LogP contribution in [0.2, 0.25) is 0 Å². The second kappa shape index (κ2) is 7.76. The largest absolute Gasteiger partial charge is 0.497 e. The molecule has 0 saturated heterocycles. The van der Waals surface area contributed by atoms with Crippen LogP contribution in [0.4, 0.5) is 10.3 Å². The number of nitrogens with one attached hydrogen (secondary N) is 1. The normalized spacial score (nSPS) is 15.8. The molecule has 5 nitrogen and oxygen atoms in total. The number of ether oxygens (including phenoxy) is 1. The van der Waals surface area contributed by atoms with Crippen molar-refractivity contribution in [3.8, 4) is 5.75 Å². The topological polar surface area (TPSA) is 64.1 Å². The molecule has 0 unspecified atom stereocenters. The van der Waals surface area contributed by atoms with E-state index in [0.29, 0.717) is 30.9 Å². The van der Waals surface area contributed by atoms with Crippen LogP contribution in [0.15, 0.2) is 54.7 Å². The number of fused-ring (bicyclic) bond motifs is 1. The molecular weight excluding hydrogens is 357 g/mol. The molecular formula is C22H20FN3O2. The van der Waals surface area contributed by atoms with Crippen LogP contribution < -0.4 is 10.1 Å². The second-order valence-corrected chi connectivity index (χ2v) is 6.84. The van der Waals surface area contributed by atoms with Gasteiger partial charge in [0.05, 0.1) is 18.4 Å². The zero-order valence-electron chi connectivity index (χ0n) is 15.5. The van der Waals surface area contributed by atoms with E-state index in [2.05, 4.69) is 15.3 Å². The van der Waals surface area contributed by atoms with Crippen LogP contribution in [-0.2, 0) is 13.0 Å². The molecule has 0 bridgehead atoms. The van der Waals surface area contributed by atoms with E-state index in [4.69, 9.17) is 4.74 Å². The summed E-state index contributed by atoms with van der Waals surface area (Å²) in [6.45, 7) is 0.481. The zero-order chi connectivity index (χ0) is 19.5. The molecule has 1 aromatic heterocycles. The van der Waals surface area contributed by atoms with Gasteiger partial charge >= 0.3 is 0 Å². The van der Waals surface area contributed by atoms with E-state index in [1.165, 1.54) is 12.1 Å². The average Bonchev–Trinajstić information content (AvgIpc) is 2.73. The third-order valence-corrected chi connectivity index (χ3v) is 4.99. The van der Waals surface area contributed by atoms with Gasteiger partial charge in [-0.1, -0.05) is 24.3 Å². The maximum atomic E-state index is 13.0. The first-order valence-corrected chi connectivity index (χ1v) is 9.14. The van der Waals surface area contributed by atoms with Crippen molar-refractivity contribution >= 4 is 11.7 Å². The van der Waals surface area contributed by atoms with Gasteiger partial charge in [-0.25, -0.2) is 14.4 Å². The summed E-state index contributed by atoms with van der Waals surface area (Å²) < 4.78 is 18.2. The Hall–Kier alpha value is -3.28. The molecule has 4 rings (SSSR count). The summed E-state index contributed by atoms with van der Waals surface area (Å²) in [6.07, 6.45) is 2.73. The van der Waals surface area contributed by atoms with Crippen molar-refractivity contribution in [1.29, 1.82) is 0 Å². The Morgan fingerprint density at radius 3 is 2.57 bits per heavy atom. The summed E-state index contributed by atoms with van der Waals surface area (Å²) in [6, 6.07) is 14.1. The smallest absolute Gasteiger partial charge is 0.223 e. The van der Waals surface area contributed by atoms with Crippen molar-refractivity contribution in [2.24, 2.45) is 0 Å².